The molecular formula is C20H23N3O3. The van der Waals surface area contributed by atoms with Gasteiger partial charge in [-0.05, 0) is 45.7 Å². The fraction of sp³-hybridized carbons (Fsp3) is 0.350. The Bertz CT molecular complexity index is 898. The van der Waals surface area contributed by atoms with Gasteiger partial charge in [-0.15, -0.1) is 0 Å². The molecule has 3 rings (SSSR count). The van der Waals surface area contributed by atoms with Crippen molar-refractivity contribution in [1.29, 1.82) is 0 Å². The molecule has 136 valence electrons. The lowest BCUT2D eigenvalue weighted by molar-refractivity contribution is 0.0522. The number of nitrogens with one attached hydrogen (secondary N) is 1. The maximum atomic E-state index is 12.8. The van der Waals surface area contributed by atoms with Crippen molar-refractivity contribution in [2.75, 3.05) is 11.9 Å². The highest BCUT2D eigenvalue weighted by Crippen LogP contribution is 2.29. The molecule has 1 N–H and O–H groups in total. The summed E-state index contributed by atoms with van der Waals surface area (Å²) in [6.07, 6.45) is 4.83. The molecular weight excluding hydrogens is 330 g/mol. The van der Waals surface area contributed by atoms with Crippen LogP contribution in [0, 0.1) is 6.92 Å². The summed E-state index contributed by atoms with van der Waals surface area (Å²) in [5.74, 6) is -0.0252. The molecule has 1 aliphatic heterocycles. The van der Waals surface area contributed by atoms with E-state index >= 15 is 0 Å². The number of nitrogens with zero attached hydrogens (tertiary/aromatic N) is 2. The lowest BCUT2D eigenvalue weighted by atomic mass is 10.0. The van der Waals surface area contributed by atoms with Crippen LogP contribution in [-0.2, 0) is 4.74 Å². The summed E-state index contributed by atoms with van der Waals surface area (Å²) in [6, 6.07) is 8.05. The van der Waals surface area contributed by atoms with Crippen LogP contribution in [0.3, 0.4) is 0 Å². The van der Waals surface area contributed by atoms with Crippen LogP contribution < -0.4 is 10.9 Å². The molecule has 1 aromatic carbocycles. The zero-order chi connectivity index (χ0) is 18.7. The third-order valence-electron chi connectivity index (χ3n) is 4.51. The molecule has 0 fully saturated rings. The fourth-order valence-corrected chi connectivity index (χ4v) is 3.03. The van der Waals surface area contributed by atoms with Gasteiger partial charge < -0.3 is 10.1 Å². The number of aromatic nitrogens is 2. The molecule has 0 radical (unpaired) electrons. The number of anilines is 1. The minimum absolute atomic E-state index is 0.0177. The maximum absolute atomic E-state index is 12.8. The number of aryl methyl sites for hydroxylation is 1. The van der Waals surface area contributed by atoms with Crippen molar-refractivity contribution in [3.63, 3.8) is 0 Å². The van der Waals surface area contributed by atoms with E-state index in [2.05, 4.69) is 10.3 Å². The first-order valence-electron chi connectivity index (χ1n) is 8.82. The van der Waals surface area contributed by atoms with Crippen molar-refractivity contribution in [3.05, 3.63) is 64.0 Å². The van der Waals surface area contributed by atoms with Gasteiger partial charge in [-0.3, -0.25) is 9.36 Å². The number of allylic oxidation sites excluding steroid dienone is 1. The first-order chi connectivity index (χ1) is 12.5. The second kappa shape index (κ2) is 7.56. The number of hydrogen-bond donors (Lipinski definition) is 1. The summed E-state index contributed by atoms with van der Waals surface area (Å²) in [5.41, 5.74) is 2.74. The summed E-state index contributed by atoms with van der Waals surface area (Å²) >= 11 is 0. The van der Waals surface area contributed by atoms with Crippen molar-refractivity contribution in [2.45, 2.75) is 39.7 Å². The van der Waals surface area contributed by atoms with Crippen LogP contribution >= 0.6 is 0 Å². The minimum atomic E-state index is -0.624. The molecule has 2 aromatic rings. The van der Waals surface area contributed by atoms with E-state index in [1.165, 1.54) is 11.8 Å². The van der Waals surface area contributed by atoms with Gasteiger partial charge in [0.1, 0.15) is 11.4 Å². The lowest BCUT2D eigenvalue weighted by Crippen LogP contribution is -2.34. The standard InChI is InChI=1S/C20H23N3O3/c1-4-26-20(25)17-12-22-18-15(8-7-14(3)23(18)19(17)24)11-21-16-9-5-13(2)6-10-16/h5-6,9-12,14,21H,4,7-8H2,1-3H3/b15-11-. The molecule has 6 nitrogen and oxygen atoms in total. The molecule has 0 aliphatic carbocycles. The van der Waals surface area contributed by atoms with Crippen LogP contribution in [0.2, 0.25) is 0 Å². The van der Waals surface area contributed by atoms with Crippen LogP contribution in [0.15, 0.2) is 41.5 Å². The quantitative estimate of drug-likeness (QED) is 0.851. The van der Waals surface area contributed by atoms with E-state index in [0.29, 0.717) is 5.82 Å². The van der Waals surface area contributed by atoms with Crippen molar-refractivity contribution >= 4 is 17.2 Å². The summed E-state index contributed by atoms with van der Waals surface area (Å²) in [7, 11) is 0. The SMILES string of the molecule is CCOC(=O)c1cnc2n(c1=O)C(C)CC/C2=C/Nc1ccc(C)cc1. The number of ether oxygens (including phenoxy) is 1. The molecule has 26 heavy (non-hydrogen) atoms. The van der Waals surface area contributed by atoms with Gasteiger partial charge >= 0.3 is 5.97 Å². The second-order valence-corrected chi connectivity index (χ2v) is 6.46. The molecule has 2 heterocycles. The molecule has 1 unspecified atom stereocenters. The molecule has 0 saturated carbocycles. The van der Waals surface area contributed by atoms with E-state index in [4.69, 9.17) is 4.74 Å². The zero-order valence-corrected chi connectivity index (χ0v) is 15.3. The summed E-state index contributed by atoms with van der Waals surface area (Å²) in [4.78, 5) is 29.1. The van der Waals surface area contributed by atoms with Crippen LogP contribution in [0.4, 0.5) is 5.69 Å². The highest BCUT2D eigenvalue weighted by molar-refractivity contribution is 5.88. The Morgan fingerprint density at radius 3 is 2.81 bits per heavy atom. The Morgan fingerprint density at radius 1 is 1.38 bits per heavy atom. The molecule has 0 saturated heterocycles. The summed E-state index contributed by atoms with van der Waals surface area (Å²) in [6.45, 7) is 5.94. The number of benzene rings is 1. The fourth-order valence-electron chi connectivity index (χ4n) is 3.03. The van der Waals surface area contributed by atoms with E-state index in [1.807, 2.05) is 44.3 Å². The Labute approximate surface area is 152 Å². The van der Waals surface area contributed by atoms with Crippen LogP contribution in [0.25, 0.3) is 5.57 Å². The molecule has 6 heteroatoms. The minimum Gasteiger partial charge on any atom is -0.462 e. The predicted molar refractivity (Wildman–Crippen MR) is 101 cm³/mol. The molecule has 0 amide bonds. The number of esters is 1. The highest BCUT2D eigenvalue weighted by atomic mass is 16.5. The van der Waals surface area contributed by atoms with Crippen molar-refractivity contribution < 1.29 is 9.53 Å². The third-order valence-corrected chi connectivity index (χ3v) is 4.51. The van der Waals surface area contributed by atoms with Gasteiger partial charge in [0, 0.05) is 29.7 Å². The number of hydrogen-bond acceptors (Lipinski definition) is 5. The van der Waals surface area contributed by atoms with E-state index < -0.39 is 5.97 Å². The first kappa shape index (κ1) is 17.9. The molecule has 1 atom stereocenters. The van der Waals surface area contributed by atoms with Gasteiger partial charge in [-0.1, -0.05) is 17.7 Å². The number of carbonyl (C=O) groups is 1. The molecule has 0 spiro atoms. The number of fused-ring (bicyclic) bond motifs is 1. The van der Waals surface area contributed by atoms with Crippen LogP contribution in [0.1, 0.15) is 54.5 Å². The zero-order valence-electron chi connectivity index (χ0n) is 15.3. The highest BCUT2D eigenvalue weighted by Gasteiger charge is 2.25. The average Bonchev–Trinajstić information content (AvgIpc) is 2.63. The van der Waals surface area contributed by atoms with Crippen molar-refractivity contribution in [3.8, 4) is 0 Å². The van der Waals surface area contributed by atoms with Gasteiger partial charge in [0.2, 0.25) is 0 Å². The number of carbonyl (C=O) groups excluding carboxylic acids is 1. The predicted octanol–water partition coefficient (Wildman–Crippen LogP) is 3.54. The summed E-state index contributed by atoms with van der Waals surface area (Å²) in [5, 5.41) is 3.27. The number of rotatable bonds is 4. The molecule has 0 bridgehead atoms. The van der Waals surface area contributed by atoms with E-state index in [9.17, 15) is 9.59 Å². The Kier molecular flexibility index (Phi) is 5.21. The van der Waals surface area contributed by atoms with Crippen LogP contribution in [0.5, 0.6) is 0 Å². The Balaban J connectivity index is 1.95. The van der Waals surface area contributed by atoms with E-state index in [-0.39, 0.29) is 23.8 Å². The maximum Gasteiger partial charge on any atom is 0.345 e. The monoisotopic (exact) mass is 353 g/mol. The largest absolute Gasteiger partial charge is 0.462 e. The molecule has 1 aromatic heterocycles. The Morgan fingerprint density at radius 2 is 2.12 bits per heavy atom. The third kappa shape index (κ3) is 3.54. The lowest BCUT2D eigenvalue weighted by Gasteiger charge is -2.26. The smallest absolute Gasteiger partial charge is 0.345 e. The normalized spacial score (nSPS) is 17.7. The second-order valence-electron chi connectivity index (χ2n) is 6.46. The van der Waals surface area contributed by atoms with Gasteiger partial charge in [0.25, 0.3) is 5.56 Å². The topological polar surface area (TPSA) is 73.2 Å². The van der Waals surface area contributed by atoms with Crippen molar-refractivity contribution in [1.82, 2.24) is 9.55 Å². The van der Waals surface area contributed by atoms with Gasteiger partial charge in [0.15, 0.2) is 0 Å². The van der Waals surface area contributed by atoms with E-state index in [0.717, 1.165) is 24.1 Å². The Hall–Kier alpha value is -2.89. The first-order valence-corrected chi connectivity index (χ1v) is 8.82. The van der Waals surface area contributed by atoms with Crippen LogP contribution in [-0.4, -0.2) is 22.1 Å². The van der Waals surface area contributed by atoms with Gasteiger partial charge in [-0.2, -0.15) is 0 Å². The van der Waals surface area contributed by atoms with Gasteiger partial charge in [-0.25, -0.2) is 9.78 Å². The van der Waals surface area contributed by atoms with Gasteiger partial charge in [0.05, 0.1) is 6.61 Å². The average molecular weight is 353 g/mol. The summed E-state index contributed by atoms with van der Waals surface area (Å²) < 4.78 is 6.55. The molecule has 1 aliphatic rings. The van der Waals surface area contributed by atoms with E-state index in [1.54, 1.807) is 11.5 Å². The van der Waals surface area contributed by atoms with Crippen molar-refractivity contribution in [2.24, 2.45) is 0 Å².